The normalized spacial score (nSPS) is 11.0. The summed E-state index contributed by atoms with van der Waals surface area (Å²) in [6, 6.07) is 4.66. The lowest BCUT2D eigenvalue weighted by Gasteiger charge is -2.08. The van der Waals surface area contributed by atoms with E-state index >= 15 is 0 Å². The summed E-state index contributed by atoms with van der Waals surface area (Å²) >= 11 is 0. The minimum Gasteiger partial charge on any atom is -0.465 e. The summed E-state index contributed by atoms with van der Waals surface area (Å²) in [5.41, 5.74) is 1.47. The monoisotopic (exact) mass is 265 g/mol. The lowest BCUT2D eigenvalue weighted by atomic mass is 10.0. The molecule has 102 valence electrons. The average Bonchev–Trinajstić information content (AvgIpc) is 2.45. The molecule has 0 unspecified atom stereocenters. The summed E-state index contributed by atoms with van der Waals surface area (Å²) in [7, 11) is 2.47. The highest BCUT2D eigenvalue weighted by molar-refractivity contribution is 6.03. The molecule has 0 aromatic heterocycles. The molecular weight excluding hydrogens is 250 g/mol. The lowest BCUT2D eigenvalue weighted by Crippen LogP contribution is -2.13. The van der Waals surface area contributed by atoms with Crippen LogP contribution in [0.15, 0.2) is 23.4 Å². The highest BCUT2D eigenvalue weighted by atomic mass is 16.5. The minimum atomic E-state index is -0.624. The zero-order chi connectivity index (χ0) is 14.4. The van der Waals surface area contributed by atoms with E-state index in [0.29, 0.717) is 12.1 Å². The van der Waals surface area contributed by atoms with Crippen LogP contribution in [0.2, 0.25) is 0 Å². The SMILES string of the molecule is COC(=O)c1ccc(C/C(C)=N/O)cc1C(=O)OC. The Morgan fingerprint density at radius 1 is 1.16 bits per heavy atom. The maximum atomic E-state index is 11.7. The first-order valence-corrected chi connectivity index (χ1v) is 5.50. The van der Waals surface area contributed by atoms with Gasteiger partial charge in [0.25, 0.3) is 0 Å². The largest absolute Gasteiger partial charge is 0.465 e. The van der Waals surface area contributed by atoms with Crippen LogP contribution < -0.4 is 0 Å². The van der Waals surface area contributed by atoms with Crippen LogP contribution in [-0.4, -0.2) is 37.1 Å². The standard InChI is InChI=1S/C13H15NO5/c1-8(14-17)6-9-4-5-10(12(15)18-2)11(7-9)13(16)19-3/h4-5,7,17H,6H2,1-3H3/b14-8+. The van der Waals surface area contributed by atoms with Crippen molar-refractivity contribution in [2.45, 2.75) is 13.3 Å². The van der Waals surface area contributed by atoms with Crippen LogP contribution in [0, 0.1) is 0 Å². The predicted molar refractivity (Wildman–Crippen MR) is 67.7 cm³/mol. The van der Waals surface area contributed by atoms with E-state index in [1.54, 1.807) is 13.0 Å². The Kier molecular flexibility index (Phi) is 5.05. The predicted octanol–water partition coefficient (Wildman–Crippen LogP) is 1.65. The molecule has 0 aliphatic carbocycles. The molecule has 6 heteroatoms. The molecular formula is C13H15NO5. The molecule has 1 N–H and O–H groups in total. The Morgan fingerprint density at radius 3 is 2.26 bits per heavy atom. The first-order chi connectivity index (χ1) is 9.03. The summed E-state index contributed by atoms with van der Waals surface area (Å²) in [5.74, 6) is -1.24. The number of oxime groups is 1. The number of carbonyl (C=O) groups is 2. The van der Waals surface area contributed by atoms with Gasteiger partial charge in [-0.1, -0.05) is 11.2 Å². The molecule has 6 nitrogen and oxygen atoms in total. The number of rotatable bonds is 4. The first-order valence-electron chi connectivity index (χ1n) is 5.50. The quantitative estimate of drug-likeness (QED) is 0.387. The van der Waals surface area contributed by atoms with Gasteiger partial charge in [0.15, 0.2) is 0 Å². The molecule has 19 heavy (non-hydrogen) atoms. The molecule has 0 atom stereocenters. The van der Waals surface area contributed by atoms with Crippen molar-refractivity contribution < 1.29 is 24.3 Å². The summed E-state index contributed by atoms with van der Waals surface area (Å²) in [6.07, 6.45) is 0.363. The Balaban J connectivity index is 3.22. The number of benzene rings is 1. The number of hydrogen-bond donors (Lipinski definition) is 1. The van der Waals surface area contributed by atoms with Gasteiger partial charge in [-0.15, -0.1) is 0 Å². The lowest BCUT2D eigenvalue weighted by molar-refractivity contribution is 0.0555. The highest BCUT2D eigenvalue weighted by Crippen LogP contribution is 2.15. The molecule has 0 fully saturated rings. The molecule has 0 aliphatic heterocycles. The van der Waals surface area contributed by atoms with Gasteiger partial charge >= 0.3 is 11.9 Å². The van der Waals surface area contributed by atoms with Crippen LogP contribution in [0.5, 0.6) is 0 Å². The molecule has 0 saturated carbocycles. The van der Waals surface area contributed by atoms with E-state index in [9.17, 15) is 9.59 Å². The molecule has 0 spiro atoms. The van der Waals surface area contributed by atoms with Gasteiger partial charge in [-0.25, -0.2) is 9.59 Å². The van der Waals surface area contributed by atoms with E-state index in [1.165, 1.54) is 26.4 Å². The van der Waals surface area contributed by atoms with Crippen molar-refractivity contribution >= 4 is 17.7 Å². The second-order valence-corrected chi connectivity index (χ2v) is 3.88. The van der Waals surface area contributed by atoms with Crippen molar-refractivity contribution in [3.8, 4) is 0 Å². The van der Waals surface area contributed by atoms with Crippen LogP contribution in [0.4, 0.5) is 0 Å². The highest BCUT2D eigenvalue weighted by Gasteiger charge is 2.18. The molecule has 0 amide bonds. The van der Waals surface area contributed by atoms with Gasteiger partial charge in [-0.05, 0) is 24.6 Å². The summed E-state index contributed by atoms with van der Waals surface area (Å²) in [4.78, 5) is 23.2. The molecule has 0 radical (unpaired) electrons. The number of esters is 2. The Hall–Kier alpha value is -2.37. The number of hydrogen-bond acceptors (Lipinski definition) is 6. The van der Waals surface area contributed by atoms with Gasteiger partial charge in [0.1, 0.15) is 0 Å². The maximum absolute atomic E-state index is 11.7. The van der Waals surface area contributed by atoms with Crippen LogP contribution in [-0.2, 0) is 15.9 Å². The third-order valence-electron chi connectivity index (χ3n) is 2.53. The van der Waals surface area contributed by atoms with E-state index in [1.807, 2.05) is 0 Å². The summed E-state index contributed by atoms with van der Waals surface area (Å²) < 4.78 is 9.23. The third kappa shape index (κ3) is 3.54. The molecule has 1 aromatic rings. The van der Waals surface area contributed by atoms with Crippen molar-refractivity contribution in [2.75, 3.05) is 14.2 Å². The topological polar surface area (TPSA) is 85.2 Å². The van der Waals surface area contributed by atoms with Gasteiger partial charge in [-0.3, -0.25) is 0 Å². The maximum Gasteiger partial charge on any atom is 0.338 e. The molecule has 0 heterocycles. The zero-order valence-electron chi connectivity index (χ0n) is 11.0. The first kappa shape index (κ1) is 14.7. The van der Waals surface area contributed by atoms with Crippen molar-refractivity contribution in [3.05, 3.63) is 34.9 Å². The summed E-state index contributed by atoms with van der Waals surface area (Å²) in [5, 5.41) is 11.7. The number of methoxy groups -OCH3 is 2. The van der Waals surface area contributed by atoms with E-state index in [0.717, 1.165) is 5.56 Å². The molecule has 0 saturated heterocycles. The van der Waals surface area contributed by atoms with Crippen molar-refractivity contribution in [3.63, 3.8) is 0 Å². The fourth-order valence-electron chi connectivity index (χ4n) is 1.60. The van der Waals surface area contributed by atoms with Gasteiger partial charge in [0.05, 0.1) is 31.1 Å². The molecule has 0 aliphatic rings. The van der Waals surface area contributed by atoms with E-state index in [-0.39, 0.29) is 11.1 Å². The van der Waals surface area contributed by atoms with Gasteiger partial charge < -0.3 is 14.7 Å². The van der Waals surface area contributed by atoms with Crippen molar-refractivity contribution in [1.29, 1.82) is 0 Å². The average molecular weight is 265 g/mol. The second kappa shape index (κ2) is 6.53. The van der Waals surface area contributed by atoms with Gasteiger partial charge in [0, 0.05) is 6.42 Å². The fourth-order valence-corrected chi connectivity index (χ4v) is 1.60. The molecule has 0 bridgehead atoms. The number of carbonyl (C=O) groups excluding carboxylic acids is 2. The van der Waals surface area contributed by atoms with Crippen LogP contribution >= 0.6 is 0 Å². The van der Waals surface area contributed by atoms with E-state index in [2.05, 4.69) is 14.6 Å². The minimum absolute atomic E-state index is 0.123. The van der Waals surface area contributed by atoms with Crippen LogP contribution in [0.1, 0.15) is 33.2 Å². The zero-order valence-corrected chi connectivity index (χ0v) is 11.0. The van der Waals surface area contributed by atoms with Crippen LogP contribution in [0.3, 0.4) is 0 Å². The van der Waals surface area contributed by atoms with E-state index < -0.39 is 11.9 Å². The van der Waals surface area contributed by atoms with Crippen molar-refractivity contribution in [2.24, 2.45) is 5.16 Å². The van der Waals surface area contributed by atoms with Gasteiger partial charge in [0.2, 0.25) is 0 Å². The molecule has 1 aromatic carbocycles. The van der Waals surface area contributed by atoms with E-state index in [4.69, 9.17) is 5.21 Å². The Labute approximate surface area is 110 Å². The van der Waals surface area contributed by atoms with Gasteiger partial charge in [-0.2, -0.15) is 0 Å². The second-order valence-electron chi connectivity index (χ2n) is 3.88. The fraction of sp³-hybridized carbons (Fsp3) is 0.308. The summed E-state index contributed by atoms with van der Waals surface area (Å²) in [6.45, 7) is 1.64. The number of ether oxygens (including phenoxy) is 2. The third-order valence-corrected chi connectivity index (χ3v) is 2.53. The Bertz CT molecular complexity index is 522. The van der Waals surface area contributed by atoms with Crippen molar-refractivity contribution in [1.82, 2.24) is 0 Å². The molecule has 1 rings (SSSR count). The Morgan fingerprint density at radius 2 is 1.74 bits per heavy atom. The number of nitrogens with zero attached hydrogens (tertiary/aromatic N) is 1. The smallest absolute Gasteiger partial charge is 0.338 e. The van der Waals surface area contributed by atoms with Crippen LogP contribution in [0.25, 0.3) is 0 Å².